The number of aryl methyl sites for hydroxylation is 1. The predicted molar refractivity (Wildman–Crippen MR) is 90.8 cm³/mol. The number of methoxy groups -OCH3 is 1. The van der Waals surface area contributed by atoms with Crippen molar-refractivity contribution in [2.45, 2.75) is 57.2 Å². The van der Waals surface area contributed by atoms with E-state index in [0.29, 0.717) is 29.7 Å². The number of aromatic nitrogens is 1. The smallest absolute Gasteiger partial charge is 0.377 e. The zero-order valence-electron chi connectivity index (χ0n) is 15.2. The van der Waals surface area contributed by atoms with Crippen LogP contribution in [0.15, 0.2) is 16.8 Å². The molecule has 1 heterocycles. The van der Waals surface area contributed by atoms with E-state index in [1.165, 1.54) is 19.4 Å². The van der Waals surface area contributed by atoms with E-state index in [1.807, 2.05) is 0 Å². The highest BCUT2D eigenvalue weighted by atomic mass is 19.4. The molecule has 0 radical (unpaired) electrons. The van der Waals surface area contributed by atoms with Gasteiger partial charge in [-0.25, -0.2) is 0 Å². The van der Waals surface area contributed by atoms with Crippen LogP contribution in [-0.2, 0) is 17.3 Å². The average Bonchev–Trinajstić information content (AvgIpc) is 3.36. The van der Waals surface area contributed by atoms with Crippen molar-refractivity contribution in [3.8, 4) is 0 Å². The number of carbonyl (C=O) groups excluding carboxylic acids is 1. The molecule has 7 heteroatoms. The monoisotopic (exact) mass is 379 g/mol. The molecule has 1 aromatic carbocycles. The van der Waals surface area contributed by atoms with Crippen LogP contribution in [-0.4, -0.2) is 18.0 Å². The molecule has 0 aliphatic heterocycles. The van der Waals surface area contributed by atoms with E-state index in [0.717, 1.165) is 19.3 Å². The summed E-state index contributed by atoms with van der Waals surface area (Å²) >= 11 is 0. The lowest BCUT2D eigenvalue weighted by molar-refractivity contribution is -0.140. The number of ketones is 1. The molecule has 2 aliphatic rings. The summed E-state index contributed by atoms with van der Waals surface area (Å²) in [6.45, 7) is 1.75. The van der Waals surface area contributed by atoms with Crippen molar-refractivity contribution in [2.75, 3.05) is 7.11 Å². The molecule has 0 saturated heterocycles. The van der Waals surface area contributed by atoms with Crippen LogP contribution in [0.5, 0.6) is 0 Å². The van der Waals surface area contributed by atoms with Crippen LogP contribution in [0.4, 0.5) is 13.2 Å². The predicted octanol–water partition coefficient (Wildman–Crippen LogP) is 5.13. The van der Waals surface area contributed by atoms with Gasteiger partial charge in [-0.1, -0.05) is 5.16 Å². The summed E-state index contributed by atoms with van der Waals surface area (Å²) in [5, 5.41) is 3.66. The highest BCUT2D eigenvalue weighted by Gasteiger charge is 2.43. The number of alkyl halides is 3. The Labute approximate surface area is 154 Å². The van der Waals surface area contributed by atoms with Gasteiger partial charge in [-0.3, -0.25) is 4.79 Å². The van der Waals surface area contributed by atoms with E-state index in [2.05, 4.69) is 5.16 Å². The van der Waals surface area contributed by atoms with Gasteiger partial charge in [0.1, 0.15) is 0 Å². The van der Waals surface area contributed by atoms with Gasteiger partial charge in [0.25, 0.3) is 0 Å². The third-order valence-electron chi connectivity index (χ3n) is 5.52. The van der Waals surface area contributed by atoms with Gasteiger partial charge in [0.15, 0.2) is 11.5 Å². The van der Waals surface area contributed by atoms with E-state index in [4.69, 9.17) is 9.26 Å². The Balaban J connectivity index is 1.93. The van der Waals surface area contributed by atoms with Crippen molar-refractivity contribution in [2.24, 2.45) is 0 Å². The first-order valence-corrected chi connectivity index (χ1v) is 9.08. The fourth-order valence-electron chi connectivity index (χ4n) is 4.10. The van der Waals surface area contributed by atoms with Crippen molar-refractivity contribution in [3.63, 3.8) is 0 Å². The van der Waals surface area contributed by atoms with Gasteiger partial charge < -0.3 is 9.26 Å². The Morgan fingerprint density at radius 2 is 2.00 bits per heavy atom. The van der Waals surface area contributed by atoms with Gasteiger partial charge in [-0.2, -0.15) is 13.2 Å². The lowest BCUT2D eigenvalue weighted by Crippen LogP contribution is -2.24. The number of fused-ring (bicyclic) bond motifs is 1. The molecular formula is C20H20F3NO3. The lowest BCUT2D eigenvalue weighted by atomic mass is 9.80. The number of benzene rings is 1. The van der Waals surface area contributed by atoms with Crippen LogP contribution in [0.3, 0.4) is 0 Å². The molecule has 1 fully saturated rings. The molecule has 1 atom stereocenters. The van der Waals surface area contributed by atoms with Gasteiger partial charge in [0.05, 0.1) is 23.4 Å². The number of nitrogens with zero attached hydrogens (tertiary/aromatic N) is 1. The molecule has 0 N–H and O–H groups in total. The van der Waals surface area contributed by atoms with Gasteiger partial charge >= 0.3 is 6.18 Å². The molecule has 1 unspecified atom stereocenters. The highest BCUT2D eigenvalue weighted by Crippen LogP contribution is 2.46. The second kappa shape index (κ2) is 6.48. The zero-order chi connectivity index (χ0) is 19.3. The Morgan fingerprint density at radius 1 is 1.26 bits per heavy atom. The van der Waals surface area contributed by atoms with Crippen molar-refractivity contribution in [3.05, 3.63) is 51.4 Å². The average molecular weight is 379 g/mol. The summed E-state index contributed by atoms with van der Waals surface area (Å²) in [5.74, 6) is -0.213. The Bertz CT molecular complexity index is 897. The first-order valence-electron chi connectivity index (χ1n) is 9.08. The molecule has 4 rings (SSSR count). The van der Waals surface area contributed by atoms with Crippen LogP contribution >= 0.6 is 0 Å². The van der Waals surface area contributed by atoms with E-state index in [-0.39, 0.29) is 22.6 Å². The fourth-order valence-corrected chi connectivity index (χ4v) is 4.10. The minimum Gasteiger partial charge on any atom is -0.377 e. The van der Waals surface area contributed by atoms with E-state index >= 15 is 0 Å². The van der Waals surface area contributed by atoms with E-state index in [1.54, 1.807) is 6.92 Å². The molecule has 2 aliphatic carbocycles. The highest BCUT2D eigenvalue weighted by molar-refractivity contribution is 6.11. The van der Waals surface area contributed by atoms with Crippen molar-refractivity contribution >= 4 is 5.78 Å². The maximum absolute atomic E-state index is 14.1. The number of hydrogen-bond acceptors (Lipinski definition) is 4. The largest absolute Gasteiger partial charge is 0.417 e. The molecular weight excluding hydrogens is 359 g/mol. The molecule has 27 heavy (non-hydrogen) atoms. The number of hydrogen-bond donors (Lipinski definition) is 0. The maximum Gasteiger partial charge on any atom is 0.417 e. The van der Waals surface area contributed by atoms with Crippen molar-refractivity contribution < 1.29 is 27.2 Å². The Morgan fingerprint density at radius 3 is 2.63 bits per heavy atom. The molecule has 2 aromatic rings. The summed E-state index contributed by atoms with van der Waals surface area (Å²) in [6.07, 6.45) is -0.556. The van der Waals surface area contributed by atoms with Crippen LogP contribution in [0.2, 0.25) is 0 Å². The second-order valence-corrected chi connectivity index (χ2v) is 7.33. The Kier molecular flexibility index (Phi) is 4.37. The minimum atomic E-state index is -4.66. The molecule has 1 aromatic heterocycles. The first kappa shape index (κ1) is 18.2. The lowest BCUT2D eigenvalue weighted by Gasteiger charge is -2.30. The zero-order valence-corrected chi connectivity index (χ0v) is 15.2. The third kappa shape index (κ3) is 3.08. The number of rotatable bonds is 4. The molecule has 0 amide bonds. The van der Waals surface area contributed by atoms with Crippen LogP contribution in [0, 0.1) is 6.92 Å². The molecule has 0 spiro atoms. The number of carbonyl (C=O) groups is 1. The first-order chi connectivity index (χ1) is 12.8. The summed E-state index contributed by atoms with van der Waals surface area (Å²) in [7, 11) is 1.41. The Hall–Kier alpha value is -2.15. The summed E-state index contributed by atoms with van der Waals surface area (Å²) in [5.41, 5.74) is 0.365. The van der Waals surface area contributed by atoms with Gasteiger partial charge in [-0.15, -0.1) is 0 Å². The van der Waals surface area contributed by atoms with Crippen molar-refractivity contribution in [1.82, 2.24) is 5.16 Å². The SMILES string of the molecule is COC1CCCc2c(C)cc(C(=O)c3cnoc3C3CC3)c(C(F)(F)F)c21. The molecule has 1 saturated carbocycles. The fraction of sp³-hybridized carbons (Fsp3) is 0.500. The maximum atomic E-state index is 14.1. The second-order valence-electron chi connectivity index (χ2n) is 7.33. The van der Waals surface area contributed by atoms with Crippen molar-refractivity contribution in [1.29, 1.82) is 0 Å². The topological polar surface area (TPSA) is 52.3 Å². The molecule has 144 valence electrons. The molecule has 0 bridgehead atoms. The normalized spacial score (nSPS) is 19.8. The third-order valence-corrected chi connectivity index (χ3v) is 5.52. The standard InChI is InChI=1S/C20H20F3NO3/c1-10-8-13(18(25)14-9-24-27-19(14)11-6-7-11)17(20(21,22)23)16-12(10)4-3-5-15(16)26-2/h8-9,11,15H,3-7H2,1-2H3. The van der Waals surface area contributed by atoms with E-state index < -0.39 is 23.6 Å². The number of ether oxygens (including phenoxy) is 1. The van der Waals surface area contributed by atoms with Gasteiger partial charge in [-0.05, 0) is 61.8 Å². The minimum absolute atomic E-state index is 0.0752. The quantitative estimate of drug-likeness (QED) is 0.691. The van der Waals surface area contributed by atoms with E-state index in [9.17, 15) is 18.0 Å². The van der Waals surface area contributed by atoms with Gasteiger partial charge in [0.2, 0.25) is 0 Å². The molecule has 4 nitrogen and oxygen atoms in total. The summed E-state index contributed by atoms with van der Waals surface area (Å²) in [4.78, 5) is 13.1. The summed E-state index contributed by atoms with van der Waals surface area (Å²) in [6, 6.07) is 1.37. The van der Waals surface area contributed by atoms with Crippen LogP contribution in [0.25, 0.3) is 0 Å². The number of halogens is 3. The van der Waals surface area contributed by atoms with Gasteiger partial charge in [0, 0.05) is 18.6 Å². The summed E-state index contributed by atoms with van der Waals surface area (Å²) < 4.78 is 52.8. The van der Waals surface area contributed by atoms with Crippen LogP contribution < -0.4 is 0 Å². The van der Waals surface area contributed by atoms with Crippen LogP contribution in [0.1, 0.15) is 81.6 Å².